The van der Waals surface area contributed by atoms with Crippen LogP contribution in [0, 0.1) is 5.92 Å². The number of hydrogen-bond acceptors (Lipinski definition) is 4. The monoisotopic (exact) mass is 324 g/mol. The number of nitrogens with one attached hydrogen (secondary N) is 3. The molecule has 23 heavy (non-hydrogen) atoms. The second-order valence-electron chi connectivity index (χ2n) is 6.69. The summed E-state index contributed by atoms with van der Waals surface area (Å²) in [6, 6.07) is -0.516. The van der Waals surface area contributed by atoms with Gasteiger partial charge in [-0.2, -0.15) is 0 Å². The van der Waals surface area contributed by atoms with Crippen molar-refractivity contribution in [2.45, 2.75) is 44.2 Å². The molecule has 8 heteroatoms. The number of urea groups is 2. The molecule has 0 aromatic heterocycles. The number of hydrogen-bond donors (Lipinski definition) is 3. The molecule has 8 nitrogen and oxygen atoms in total. The van der Waals surface area contributed by atoms with Gasteiger partial charge in [-0.25, -0.2) is 9.59 Å². The standard InChI is InChI=1S/C15H24N4O4/c1-15(12(20)17-13(21)18-15)10-4-6-19(7-5-10)14(22)16-9-11-3-2-8-23-11/h10-11H,2-9H2,1H3,(H,16,22)(H2,17,18,20,21)/t11-,15-/m1/s1. The highest BCUT2D eigenvalue weighted by atomic mass is 16.5. The normalized spacial score (nSPS) is 31.9. The molecule has 0 aromatic rings. The molecule has 3 aliphatic rings. The number of rotatable bonds is 3. The van der Waals surface area contributed by atoms with Crippen LogP contribution in [-0.4, -0.2) is 60.8 Å². The average Bonchev–Trinajstić information content (AvgIpc) is 3.14. The van der Waals surface area contributed by atoms with Crippen LogP contribution in [0.2, 0.25) is 0 Å². The van der Waals surface area contributed by atoms with Crippen LogP contribution in [0.3, 0.4) is 0 Å². The first-order valence-electron chi connectivity index (χ1n) is 8.27. The summed E-state index contributed by atoms with van der Waals surface area (Å²) in [5.74, 6) is -0.236. The SMILES string of the molecule is C[C@]1(C2CCN(C(=O)NC[C@H]3CCCO3)CC2)NC(=O)NC1=O. The van der Waals surface area contributed by atoms with Crippen LogP contribution in [0.1, 0.15) is 32.6 Å². The molecule has 0 aromatic carbocycles. The van der Waals surface area contributed by atoms with Crippen LogP contribution < -0.4 is 16.0 Å². The quantitative estimate of drug-likeness (QED) is 0.645. The van der Waals surface area contributed by atoms with Gasteiger partial charge in [0.25, 0.3) is 5.91 Å². The average molecular weight is 324 g/mol. The zero-order valence-corrected chi connectivity index (χ0v) is 13.4. The Balaban J connectivity index is 1.47. The molecule has 0 aliphatic carbocycles. The van der Waals surface area contributed by atoms with Gasteiger partial charge in [0.1, 0.15) is 5.54 Å². The third-order valence-electron chi connectivity index (χ3n) is 5.18. The predicted octanol–water partition coefficient (Wildman–Crippen LogP) is 0.185. The van der Waals surface area contributed by atoms with Gasteiger partial charge in [0.2, 0.25) is 0 Å². The van der Waals surface area contributed by atoms with Gasteiger partial charge in [0, 0.05) is 26.2 Å². The van der Waals surface area contributed by atoms with Crippen molar-refractivity contribution < 1.29 is 19.1 Å². The maximum absolute atomic E-state index is 12.2. The highest BCUT2D eigenvalue weighted by molar-refractivity contribution is 6.06. The number of carbonyl (C=O) groups is 3. The van der Waals surface area contributed by atoms with Gasteiger partial charge in [0.15, 0.2) is 0 Å². The van der Waals surface area contributed by atoms with Gasteiger partial charge < -0.3 is 20.3 Å². The minimum absolute atomic E-state index is 0.0381. The van der Waals surface area contributed by atoms with E-state index in [1.165, 1.54) is 0 Å². The summed E-state index contributed by atoms with van der Waals surface area (Å²) in [5, 5.41) is 7.93. The predicted molar refractivity (Wildman–Crippen MR) is 81.7 cm³/mol. The number of amides is 5. The van der Waals surface area contributed by atoms with E-state index in [1.807, 2.05) is 0 Å². The summed E-state index contributed by atoms with van der Waals surface area (Å²) in [5.41, 5.74) is -0.864. The van der Waals surface area contributed by atoms with E-state index in [0.29, 0.717) is 32.5 Å². The Morgan fingerprint density at radius 1 is 1.35 bits per heavy atom. The lowest BCUT2D eigenvalue weighted by Gasteiger charge is -2.38. The maximum Gasteiger partial charge on any atom is 0.322 e. The molecule has 0 unspecified atom stereocenters. The van der Waals surface area contributed by atoms with Gasteiger partial charge in [-0.1, -0.05) is 0 Å². The Hall–Kier alpha value is -1.83. The molecule has 3 rings (SSSR count). The van der Waals surface area contributed by atoms with Crippen molar-refractivity contribution >= 4 is 18.0 Å². The lowest BCUT2D eigenvalue weighted by Crippen LogP contribution is -2.55. The summed E-state index contributed by atoms with van der Waals surface area (Å²) >= 11 is 0. The Bertz CT molecular complexity index is 498. The summed E-state index contributed by atoms with van der Waals surface area (Å²) in [6.45, 7) is 4.25. The van der Waals surface area contributed by atoms with Gasteiger partial charge in [-0.15, -0.1) is 0 Å². The molecular formula is C15H24N4O4. The summed E-state index contributed by atoms with van der Waals surface area (Å²) < 4.78 is 5.49. The maximum atomic E-state index is 12.2. The van der Waals surface area contributed by atoms with Crippen molar-refractivity contribution in [1.82, 2.24) is 20.9 Å². The fraction of sp³-hybridized carbons (Fsp3) is 0.800. The number of imide groups is 1. The van der Waals surface area contributed by atoms with Gasteiger partial charge in [-0.3, -0.25) is 10.1 Å². The molecule has 128 valence electrons. The zero-order valence-electron chi connectivity index (χ0n) is 13.4. The number of piperidine rings is 1. The number of likely N-dealkylation sites (tertiary alicyclic amines) is 1. The third kappa shape index (κ3) is 3.26. The lowest BCUT2D eigenvalue weighted by atomic mass is 9.79. The minimum Gasteiger partial charge on any atom is -0.376 e. The fourth-order valence-electron chi connectivity index (χ4n) is 3.62. The molecule has 0 saturated carbocycles. The molecule has 0 bridgehead atoms. The topological polar surface area (TPSA) is 99.8 Å². The van der Waals surface area contributed by atoms with E-state index in [9.17, 15) is 14.4 Å². The molecule has 5 amide bonds. The second-order valence-corrected chi connectivity index (χ2v) is 6.69. The highest BCUT2D eigenvalue weighted by Crippen LogP contribution is 2.30. The van der Waals surface area contributed by atoms with Crippen LogP contribution >= 0.6 is 0 Å². The van der Waals surface area contributed by atoms with Crippen molar-refractivity contribution in [2.24, 2.45) is 5.92 Å². The Morgan fingerprint density at radius 2 is 2.09 bits per heavy atom. The van der Waals surface area contributed by atoms with Crippen LogP contribution in [-0.2, 0) is 9.53 Å². The summed E-state index contributed by atoms with van der Waals surface area (Å²) in [6.07, 6.45) is 3.57. The number of ether oxygens (including phenoxy) is 1. The fourth-order valence-corrected chi connectivity index (χ4v) is 3.62. The van der Waals surface area contributed by atoms with Crippen LogP contribution in [0.4, 0.5) is 9.59 Å². The van der Waals surface area contributed by atoms with E-state index in [2.05, 4.69) is 16.0 Å². The van der Waals surface area contributed by atoms with Crippen molar-refractivity contribution in [3.8, 4) is 0 Å². The van der Waals surface area contributed by atoms with Crippen molar-refractivity contribution in [1.29, 1.82) is 0 Å². The first kappa shape index (κ1) is 16.0. The third-order valence-corrected chi connectivity index (χ3v) is 5.18. The zero-order chi connectivity index (χ0) is 16.4. The van der Waals surface area contributed by atoms with Gasteiger partial charge >= 0.3 is 12.1 Å². The van der Waals surface area contributed by atoms with Crippen LogP contribution in [0.5, 0.6) is 0 Å². The molecule has 0 spiro atoms. The second kappa shape index (κ2) is 6.35. The summed E-state index contributed by atoms with van der Waals surface area (Å²) in [4.78, 5) is 37.3. The summed E-state index contributed by atoms with van der Waals surface area (Å²) in [7, 11) is 0. The van der Waals surface area contributed by atoms with Crippen molar-refractivity contribution in [2.75, 3.05) is 26.2 Å². The van der Waals surface area contributed by atoms with E-state index in [-0.39, 0.29) is 24.0 Å². The molecule has 3 heterocycles. The molecule has 0 radical (unpaired) electrons. The molecule has 2 atom stereocenters. The molecule has 3 saturated heterocycles. The van der Waals surface area contributed by atoms with Crippen LogP contribution in [0.25, 0.3) is 0 Å². The first-order valence-corrected chi connectivity index (χ1v) is 8.27. The van der Waals surface area contributed by atoms with E-state index in [1.54, 1.807) is 11.8 Å². The smallest absolute Gasteiger partial charge is 0.322 e. The largest absolute Gasteiger partial charge is 0.376 e. The molecule has 3 N–H and O–H groups in total. The molecule has 3 fully saturated rings. The minimum atomic E-state index is -0.864. The lowest BCUT2D eigenvalue weighted by molar-refractivity contribution is -0.125. The Morgan fingerprint density at radius 3 is 2.65 bits per heavy atom. The molecular weight excluding hydrogens is 300 g/mol. The number of nitrogens with zero attached hydrogens (tertiary/aromatic N) is 1. The first-order chi connectivity index (χ1) is 11.0. The van der Waals surface area contributed by atoms with Crippen molar-refractivity contribution in [3.05, 3.63) is 0 Å². The van der Waals surface area contributed by atoms with Crippen LogP contribution in [0.15, 0.2) is 0 Å². The van der Waals surface area contributed by atoms with Gasteiger partial charge in [0.05, 0.1) is 6.10 Å². The van der Waals surface area contributed by atoms with E-state index >= 15 is 0 Å². The van der Waals surface area contributed by atoms with Gasteiger partial charge in [-0.05, 0) is 38.5 Å². The highest BCUT2D eigenvalue weighted by Gasteiger charge is 2.48. The van der Waals surface area contributed by atoms with E-state index in [0.717, 1.165) is 19.4 Å². The molecule has 3 aliphatic heterocycles. The Kier molecular flexibility index (Phi) is 4.43. The van der Waals surface area contributed by atoms with E-state index < -0.39 is 11.6 Å². The Labute approximate surface area is 135 Å². The number of carbonyl (C=O) groups excluding carboxylic acids is 3. The van der Waals surface area contributed by atoms with Crippen molar-refractivity contribution in [3.63, 3.8) is 0 Å². The van der Waals surface area contributed by atoms with E-state index in [4.69, 9.17) is 4.74 Å².